The minimum atomic E-state index is -0.391. The number of fused-ring (bicyclic) bond motifs is 4. The zero-order valence-electron chi connectivity index (χ0n) is 18.8. The number of nitrogens with zero attached hydrogens (tertiary/aromatic N) is 3. The van der Waals surface area contributed by atoms with Gasteiger partial charge in [0, 0.05) is 68.9 Å². The number of amides is 2. The smallest absolute Gasteiger partial charge is 0.255 e. The van der Waals surface area contributed by atoms with Gasteiger partial charge in [0.1, 0.15) is 5.82 Å². The van der Waals surface area contributed by atoms with Crippen LogP contribution in [0.25, 0.3) is 0 Å². The predicted octanol–water partition coefficient (Wildman–Crippen LogP) is 2.67. The van der Waals surface area contributed by atoms with E-state index in [-0.39, 0.29) is 23.3 Å². The molecular weight excluding hydrogens is 423 g/mol. The summed E-state index contributed by atoms with van der Waals surface area (Å²) in [5.74, 6) is -0.0251. The van der Waals surface area contributed by atoms with Crippen LogP contribution >= 0.6 is 0 Å². The van der Waals surface area contributed by atoms with Gasteiger partial charge in [-0.15, -0.1) is 0 Å². The number of piperidine rings is 2. The summed E-state index contributed by atoms with van der Waals surface area (Å²) in [4.78, 5) is 41.6. The molecule has 0 radical (unpaired) electrons. The second-order valence-electron chi connectivity index (χ2n) is 9.53. The number of likely N-dealkylation sites (tertiary alicyclic amines) is 2. The maximum atomic E-state index is 13.2. The summed E-state index contributed by atoms with van der Waals surface area (Å²) in [5.41, 5.74) is 1.88. The third kappa shape index (κ3) is 4.31. The van der Waals surface area contributed by atoms with Crippen LogP contribution in [0.4, 0.5) is 10.1 Å². The molecule has 2 saturated heterocycles. The lowest BCUT2D eigenvalue weighted by Crippen LogP contribution is -2.53. The summed E-state index contributed by atoms with van der Waals surface area (Å²) in [7, 11) is 0. The first-order chi connectivity index (χ1) is 15.9. The van der Waals surface area contributed by atoms with Crippen molar-refractivity contribution in [1.29, 1.82) is 0 Å². The maximum absolute atomic E-state index is 13.2. The van der Waals surface area contributed by atoms with E-state index in [9.17, 15) is 18.8 Å². The van der Waals surface area contributed by atoms with Crippen LogP contribution in [0.5, 0.6) is 0 Å². The van der Waals surface area contributed by atoms with Crippen LogP contribution < -0.4 is 10.9 Å². The fourth-order valence-corrected chi connectivity index (χ4v) is 5.80. The van der Waals surface area contributed by atoms with Crippen molar-refractivity contribution in [2.24, 2.45) is 5.92 Å². The van der Waals surface area contributed by atoms with Crippen LogP contribution in [-0.4, -0.2) is 58.4 Å². The average molecular weight is 453 g/mol. The van der Waals surface area contributed by atoms with E-state index in [1.807, 2.05) is 9.47 Å². The third-order valence-corrected chi connectivity index (χ3v) is 7.40. The van der Waals surface area contributed by atoms with E-state index in [0.29, 0.717) is 29.8 Å². The number of anilines is 1. The highest BCUT2D eigenvalue weighted by atomic mass is 19.1. The summed E-state index contributed by atoms with van der Waals surface area (Å²) in [6, 6.07) is 9.09. The first-order valence-electron chi connectivity index (χ1n) is 11.7. The molecule has 3 aliphatic heterocycles. The number of hydrogen-bond acceptors (Lipinski definition) is 4. The Bertz CT molecular complexity index is 1120. The van der Waals surface area contributed by atoms with Gasteiger partial charge >= 0.3 is 0 Å². The van der Waals surface area contributed by atoms with E-state index >= 15 is 0 Å². The molecule has 1 aromatic carbocycles. The Hall–Kier alpha value is -3.00. The fourth-order valence-electron chi connectivity index (χ4n) is 5.80. The Morgan fingerprint density at radius 3 is 2.42 bits per heavy atom. The SMILES string of the molecule is CC(=O)N1CCC(N2C[C@H]3C[C@H](C2)c2c(NC(=O)c4ccc(F)cc4)ccc(=O)n2C3)CC1. The number of rotatable bonds is 3. The van der Waals surface area contributed by atoms with Crippen molar-refractivity contribution in [1.82, 2.24) is 14.4 Å². The molecule has 0 saturated carbocycles. The highest BCUT2D eigenvalue weighted by molar-refractivity contribution is 6.04. The van der Waals surface area contributed by atoms with Crippen LogP contribution in [0, 0.1) is 11.7 Å². The quantitative estimate of drug-likeness (QED) is 0.777. The zero-order valence-corrected chi connectivity index (χ0v) is 18.8. The number of pyridine rings is 1. The van der Waals surface area contributed by atoms with Gasteiger partial charge in [0.05, 0.1) is 5.69 Å². The fraction of sp³-hybridized carbons (Fsp3) is 0.480. The van der Waals surface area contributed by atoms with Gasteiger partial charge < -0.3 is 14.8 Å². The molecular formula is C25H29FN4O3. The van der Waals surface area contributed by atoms with E-state index in [1.165, 1.54) is 30.3 Å². The Labute approximate surface area is 192 Å². The van der Waals surface area contributed by atoms with E-state index in [1.54, 1.807) is 13.0 Å². The van der Waals surface area contributed by atoms with Gasteiger partial charge in [-0.05, 0) is 55.5 Å². The van der Waals surface area contributed by atoms with Gasteiger partial charge in [-0.1, -0.05) is 0 Å². The normalized spacial score (nSPS) is 23.2. The number of halogens is 1. The van der Waals surface area contributed by atoms with Crippen LogP contribution in [0.3, 0.4) is 0 Å². The van der Waals surface area contributed by atoms with Crippen molar-refractivity contribution in [3.8, 4) is 0 Å². The van der Waals surface area contributed by atoms with Gasteiger partial charge in [-0.2, -0.15) is 0 Å². The molecule has 2 amide bonds. The molecule has 0 unspecified atom stereocenters. The molecule has 2 fully saturated rings. The van der Waals surface area contributed by atoms with Crippen LogP contribution in [-0.2, 0) is 11.3 Å². The summed E-state index contributed by atoms with van der Waals surface area (Å²) < 4.78 is 15.1. The molecule has 4 heterocycles. The number of carbonyl (C=O) groups is 2. The number of hydrogen-bond donors (Lipinski definition) is 1. The number of nitrogens with one attached hydrogen (secondary N) is 1. The second kappa shape index (κ2) is 8.74. The molecule has 3 aliphatic rings. The molecule has 174 valence electrons. The van der Waals surface area contributed by atoms with Crippen molar-refractivity contribution >= 4 is 17.5 Å². The van der Waals surface area contributed by atoms with E-state index in [2.05, 4.69) is 10.2 Å². The lowest BCUT2D eigenvalue weighted by atomic mass is 9.81. The van der Waals surface area contributed by atoms with Crippen LogP contribution in [0.2, 0.25) is 0 Å². The molecule has 1 N–H and O–H groups in total. The van der Waals surface area contributed by atoms with Crippen molar-refractivity contribution in [3.63, 3.8) is 0 Å². The van der Waals surface area contributed by atoms with Crippen LogP contribution in [0.15, 0.2) is 41.2 Å². The highest BCUT2D eigenvalue weighted by Gasteiger charge is 2.39. The first-order valence-corrected chi connectivity index (χ1v) is 11.7. The van der Waals surface area contributed by atoms with Crippen molar-refractivity contribution < 1.29 is 14.0 Å². The number of benzene rings is 1. The van der Waals surface area contributed by atoms with Gasteiger partial charge in [-0.25, -0.2) is 4.39 Å². The highest BCUT2D eigenvalue weighted by Crippen LogP contribution is 2.40. The zero-order chi connectivity index (χ0) is 23.1. The molecule has 2 atom stereocenters. The molecule has 1 aromatic heterocycles. The summed E-state index contributed by atoms with van der Waals surface area (Å²) in [6.07, 6.45) is 2.93. The van der Waals surface area contributed by atoms with Gasteiger partial charge in [0.15, 0.2) is 0 Å². The molecule has 2 aromatic rings. The van der Waals surface area contributed by atoms with Crippen LogP contribution in [0.1, 0.15) is 48.2 Å². The summed E-state index contributed by atoms with van der Waals surface area (Å²) in [6.45, 7) is 5.65. The first kappa shape index (κ1) is 21.8. The predicted molar refractivity (Wildman–Crippen MR) is 123 cm³/mol. The van der Waals surface area contributed by atoms with E-state index in [0.717, 1.165) is 51.1 Å². The topological polar surface area (TPSA) is 74.7 Å². The summed E-state index contributed by atoms with van der Waals surface area (Å²) >= 11 is 0. The Morgan fingerprint density at radius 2 is 1.73 bits per heavy atom. The molecule has 5 rings (SSSR count). The average Bonchev–Trinajstić information content (AvgIpc) is 2.81. The standard InChI is InChI=1S/C25H29FN4O3/c1-16(31)28-10-8-21(9-11-28)29-13-17-12-19(15-29)24-22(6-7-23(32)30(24)14-17)27-25(33)18-2-4-20(26)5-3-18/h2-7,17,19,21H,8-15H2,1H3,(H,27,33)/t17-,19-/m1/s1. The Balaban J connectivity index is 1.37. The third-order valence-electron chi connectivity index (χ3n) is 7.40. The summed E-state index contributed by atoms with van der Waals surface area (Å²) in [5, 5.41) is 2.97. The molecule has 33 heavy (non-hydrogen) atoms. The van der Waals surface area contributed by atoms with E-state index < -0.39 is 5.82 Å². The molecule has 2 bridgehead atoms. The van der Waals surface area contributed by atoms with Gasteiger partial charge in [0.25, 0.3) is 11.5 Å². The monoisotopic (exact) mass is 452 g/mol. The minimum Gasteiger partial charge on any atom is -0.343 e. The lowest BCUT2D eigenvalue weighted by Gasteiger charge is -2.47. The molecule has 8 heteroatoms. The molecule has 0 aliphatic carbocycles. The van der Waals surface area contributed by atoms with Crippen molar-refractivity contribution in [2.45, 2.75) is 44.7 Å². The minimum absolute atomic E-state index is 0.0392. The molecule has 7 nitrogen and oxygen atoms in total. The number of carbonyl (C=O) groups excluding carboxylic acids is 2. The maximum Gasteiger partial charge on any atom is 0.255 e. The van der Waals surface area contributed by atoms with Crippen molar-refractivity contribution in [2.75, 3.05) is 31.5 Å². The van der Waals surface area contributed by atoms with E-state index in [4.69, 9.17) is 0 Å². The second-order valence-corrected chi connectivity index (χ2v) is 9.53. The van der Waals surface area contributed by atoms with Gasteiger partial charge in [0.2, 0.25) is 5.91 Å². The lowest BCUT2D eigenvalue weighted by molar-refractivity contribution is -0.130. The molecule has 0 spiro atoms. The van der Waals surface area contributed by atoms with Crippen molar-refractivity contribution in [3.05, 3.63) is 63.8 Å². The Kier molecular flexibility index (Phi) is 5.78. The number of aromatic nitrogens is 1. The largest absolute Gasteiger partial charge is 0.343 e. The van der Waals surface area contributed by atoms with Gasteiger partial charge in [-0.3, -0.25) is 19.3 Å². The Morgan fingerprint density at radius 1 is 1.00 bits per heavy atom.